The largest absolute Gasteiger partial charge is 0.272 e. The molecule has 10 heavy (non-hydrogen) atoms. The number of hydrogen-bond donors (Lipinski definition) is 0. The van der Waals surface area contributed by atoms with Crippen molar-refractivity contribution in [3.63, 3.8) is 0 Å². The maximum Gasteiger partial charge on any atom is 0.124 e. The quantitative estimate of drug-likeness (QED) is 0.373. The lowest BCUT2D eigenvalue weighted by Crippen LogP contribution is -1.86. The Bertz CT molecular complexity index is 95.8. The number of nitrogens with zero attached hydrogens (tertiary/aromatic N) is 1. The zero-order chi connectivity index (χ0) is 7.82. The van der Waals surface area contributed by atoms with E-state index in [2.05, 4.69) is 24.4 Å². The second kappa shape index (κ2) is 7.48. The average Bonchev–Trinajstić information content (AvgIpc) is 1.99. The van der Waals surface area contributed by atoms with Gasteiger partial charge in [-0.3, -0.25) is 4.99 Å². The van der Waals surface area contributed by atoms with Crippen LogP contribution in [-0.4, -0.2) is 23.4 Å². The van der Waals surface area contributed by atoms with Crippen molar-refractivity contribution in [1.82, 2.24) is 0 Å². The van der Waals surface area contributed by atoms with Crippen molar-refractivity contribution in [2.24, 2.45) is 4.99 Å². The molecule has 0 aliphatic carbocycles. The standard InChI is InChI=1S/C7H15NS2/c1-4-5-6-8-7(9-2)10-3/h4-6H2,1-3H3. The Morgan fingerprint density at radius 1 is 1.30 bits per heavy atom. The first kappa shape index (κ1) is 10.4. The molecule has 60 valence electrons. The molecule has 0 spiro atoms. The van der Waals surface area contributed by atoms with Gasteiger partial charge in [0.1, 0.15) is 4.38 Å². The van der Waals surface area contributed by atoms with Crippen molar-refractivity contribution in [2.75, 3.05) is 19.1 Å². The van der Waals surface area contributed by atoms with Crippen LogP contribution in [0.15, 0.2) is 4.99 Å². The summed E-state index contributed by atoms with van der Waals surface area (Å²) in [5.74, 6) is 0. The molecule has 0 aliphatic heterocycles. The third kappa shape index (κ3) is 5.18. The molecular formula is C7H15NS2. The molecular weight excluding hydrogens is 162 g/mol. The van der Waals surface area contributed by atoms with Crippen LogP contribution in [0.3, 0.4) is 0 Å². The SMILES string of the molecule is CCCCN=C(SC)SC. The van der Waals surface area contributed by atoms with E-state index in [0.29, 0.717) is 0 Å². The molecule has 0 N–H and O–H groups in total. The van der Waals surface area contributed by atoms with Crippen molar-refractivity contribution in [1.29, 1.82) is 0 Å². The van der Waals surface area contributed by atoms with E-state index in [1.54, 1.807) is 23.5 Å². The molecule has 1 nitrogen and oxygen atoms in total. The van der Waals surface area contributed by atoms with Crippen LogP contribution in [0.2, 0.25) is 0 Å². The van der Waals surface area contributed by atoms with Crippen LogP contribution >= 0.6 is 23.5 Å². The molecule has 0 aromatic heterocycles. The van der Waals surface area contributed by atoms with Gasteiger partial charge in [-0.05, 0) is 18.9 Å². The van der Waals surface area contributed by atoms with Gasteiger partial charge in [0.05, 0.1) is 0 Å². The first-order valence-electron chi connectivity index (χ1n) is 3.47. The first-order valence-corrected chi connectivity index (χ1v) is 5.92. The van der Waals surface area contributed by atoms with Gasteiger partial charge in [0.2, 0.25) is 0 Å². The predicted octanol–water partition coefficient (Wildman–Crippen LogP) is 2.87. The van der Waals surface area contributed by atoms with Gasteiger partial charge < -0.3 is 0 Å². The second-order valence-electron chi connectivity index (χ2n) is 1.91. The number of aliphatic imine (C=N–C) groups is 1. The van der Waals surface area contributed by atoms with Crippen LogP contribution in [-0.2, 0) is 0 Å². The van der Waals surface area contributed by atoms with E-state index < -0.39 is 0 Å². The summed E-state index contributed by atoms with van der Waals surface area (Å²) < 4.78 is 1.20. The molecule has 0 amide bonds. The van der Waals surface area contributed by atoms with Gasteiger partial charge in [-0.1, -0.05) is 13.3 Å². The first-order chi connectivity index (χ1) is 4.85. The fraction of sp³-hybridized carbons (Fsp3) is 0.857. The third-order valence-electron chi connectivity index (χ3n) is 1.10. The van der Waals surface area contributed by atoms with Crippen LogP contribution in [0, 0.1) is 0 Å². The summed E-state index contributed by atoms with van der Waals surface area (Å²) >= 11 is 3.47. The highest BCUT2D eigenvalue weighted by Gasteiger charge is 1.90. The van der Waals surface area contributed by atoms with Gasteiger partial charge >= 0.3 is 0 Å². The monoisotopic (exact) mass is 177 g/mol. The summed E-state index contributed by atoms with van der Waals surface area (Å²) in [7, 11) is 0. The Morgan fingerprint density at radius 2 is 1.90 bits per heavy atom. The molecule has 3 heteroatoms. The predicted molar refractivity (Wildman–Crippen MR) is 54.2 cm³/mol. The normalized spacial score (nSPS) is 9.50. The molecule has 0 radical (unpaired) electrons. The van der Waals surface area contributed by atoms with Gasteiger partial charge in [-0.15, -0.1) is 23.5 Å². The zero-order valence-electron chi connectivity index (χ0n) is 6.89. The van der Waals surface area contributed by atoms with E-state index >= 15 is 0 Å². The van der Waals surface area contributed by atoms with Gasteiger partial charge in [0.25, 0.3) is 0 Å². The minimum Gasteiger partial charge on any atom is -0.272 e. The smallest absolute Gasteiger partial charge is 0.124 e. The molecule has 0 saturated carbocycles. The Labute approximate surface area is 72.1 Å². The van der Waals surface area contributed by atoms with Gasteiger partial charge in [0.15, 0.2) is 0 Å². The van der Waals surface area contributed by atoms with Crippen molar-refractivity contribution in [3.05, 3.63) is 0 Å². The van der Waals surface area contributed by atoms with Gasteiger partial charge in [-0.2, -0.15) is 0 Å². The van der Waals surface area contributed by atoms with E-state index in [1.807, 2.05) is 0 Å². The van der Waals surface area contributed by atoms with E-state index in [4.69, 9.17) is 0 Å². The summed E-state index contributed by atoms with van der Waals surface area (Å²) in [6, 6.07) is 0. The maximum absolute atomic E-state index is 4.39. The Morgan fingerprint density at radius 3 is 2.30 bits per heavy atom. The highest BCUT2D eigenvalue weighted by atomic mass is 32.2. The molecule has 0 fully saturated rings. The van der Waals surface area contributed by atoms with Crippen LogP contribution in [0.5, 0.6) is 0 Å². The van der Waals surface area contributed by atoms with Gasteiger partial charge in [-0.25, -0.2) is 0 Å². The summed E-state index contributed by atoms with van der Waals surface area (Å²) in [6.45, 7) is 3.18. The zero-order valence-corrected chi connectivity index (χ0v) is 8.52. The van der Waals surface area contributed by atoms with Crippen LogP contribution < -0.4 is 0 Å². The molecule has 0 aliphatic rings. The van der Waals surface area contributed by atoms with E-state index in [9.17, 15) is 0 Å². The summed E-state index contributed by atoms with van der Waals surface area (Å²) in [4.78, 5) is 4.39. The highest BCUT2D eigenvalue weighted by molar-refractivity contribution is 8.38. The minimum atomic E-state index is 0.994. The average molecular weight is 177 g/mol. The third-order valence-corrected chi connectivity index (χ3v) is 3.06. The van der Waals surface area contributed by atoms with Crippen molar-refractivity contribution in [2.45, 2.75) is 19.8 Å². The van der Waals surface area contributed by atoms with Crippen LogP contribution in [0.25, 0.3) is 0 Å². The molecule has 0 saturated heterocycles. The number of unbranched alkanes of at least 4 members (excludes halogenated alkanes) is 1. The number of rotatable bonds is 3. The van der Waals surface area contributed by atoms with Crippen molar-refractivity contribution >= 4 is 27.9 Å². The Hall–Kier alpha value is 0.370. The number of hydrogen-bond acceptors (Lipinski definition) is 3. The summed E-state index contributed by atoms with van der Waals surface area (Å²) in [5.41, 5.74) is 0. The van der Waals surface area contributed by atoms with Crippen molar-refractivity contribution < 1.29 is 0 Å². The second-order valence-corrected chi connectivity index (χ2v) is 3.76. The molecule has 0 bridgehead atoms. The van der Waals surface area contributed by atoms with Crippen LogP contribution in [0.4, 0.5) is 0 Å². The van der Waals surface area contributed by atoms with E-state index in [0.717, 1.165) is 6.54 Å². The van der Waals surface area contributed by atoms with Gasteiger partial charge in [0, 0.05) is 6.54 Å². The molecule has 0 aromatic carbocycles. The van der Waals surface area contributed by atoms with E-state index in [-0.39, 0.29) is 0 Å². The lowest BCUT2D eigenvalue weighted by atomic mass is 10.3. The molecule has 0 aromatic rings. The van der Waals surface area contributed by atoms with Crippen LogP contribution in [0.1, 0.15) is 19.8 Å². The summed E-state index contributed by atoms with van der Waals surface area (Å²) in [5, 5.41) is 0. The maximum atomic E-state index is 4.39. The fourth-order valence-corrected chi connectivity index (χ4v) is 1.65. The highest BCUT2D eigenvalue weighted by Crippen LogP contribution is 2.10. The lowest BCUT2D eigenvalue weighted by Gasteiger charge is -1.96. The Balaban J connectivity index is 3.43. The van der Waals surface area contributed by atoms with E-state index in [1.165, 1.54) is 17.2 Å². The van der Waals surface area contributed by atoms with Crippen molar-refractivity contribution in [3.8, 4) is 0 Å². The molecule has 0 atom stereocenters. The minimum absolute atomic E-state index is 0.994. The molecule has 0 unspecified atom stereocenters. The summed E-state index contributed by atoms with van der Waals surface area (Å²) in [6.07, 6.45) is 6.59. The Kier molecular flexibility index (Phi) is 7.75. The molecule has 0 rings (SSSR count). The molecule has 0 heterocycles. The number of thioether (sulfide) groups is 2. The fourth-order valence-electron chi connectivity index (χ4n) is 0.541. The lowest BCUT2D eigenvalue weighted by molar-refractivity contribution is 0.811. The topological polar surface area (TPSA) is 12.4 Å².